The lowest BCUT2D eigenvalue weighted by molar-refractivity contribution is -0.142. The highest BCUT2D eigenvalue weighted by molar-refractivity contribution is 6.04. The maximum absolute atomic E-state index is 11.8. The van der Waals surface area contributed by atoms with E-state index in [9.17, 15) is 14.4 Å². The first-order valence-electron chi connectivity index (χ1n) is 6.40. The maximum Gasteiger partial charge on any atom is 0.315 e. The summed E-state index contributed by atoms with van der Waals surface area (Å²) in [6.45, 7) is 0. The molecule has 0 radical (unpaired) electrons. The van der Waals surface area contributed by atoms with E-state index in [1.54, 1.807) is 30.3 Å². The van der Waals surface area contributed by atoms with Crippen molar-refractivity contribution in [2.24, 2.45) is 0 Å². The number of methoxy groups -OCH3 is 1. The van der Waals surface area contributed by atoms with Crippen LogP contribution in [0.1, 0.15) is 17.0 Å². The third kappa shape index (κ3) is 4.20. The molecule has 0 spiro atoms. The molecule has 0 bridgehead atoms. The number of esters is 1. The van der Waals surface area contributed by atoms with Gasteiger partial charge >= 0.3 is 5.97 Å². The van der Waals surface area contributed by atoms with Gasteiger partial charge in [-0.15, -0.1) is 0 Å². The predicted octanol–water partition coefficient (Wildman–Crippen LogP) is 2.03. The molecule has 0 saturated heterocycles. The molecular formula is C15H14N2O5. The summed E-state index contributed by atoms with van der Waals surface area (Å²) in [6, 6.07) is 9.67. The Kier molecular flexibility index (Phi) is 4.92. The topological polar surface area (TPSA) is 97.6 Å². The smallest absolute Gasteiger partial charge is 0.315 e. The molecule has 2 N–H and O–H groups in total. The van der Waals surface area contributed by atoms with Gasteiger partial charge in [0.2, 0.25) is 5.91 Å². The minimum Gasteiger partial charge on any atom is -0.469 e. The van der Waals surface area contributed by atoms with Crippen molar-refractivity contribution < 1.29 is 23.5 Å². The molecule has 0 atom stereocenters. The minimum atomic E-state index is -0.625. The van der Waals surface area contributed by atoms with E-state index in [2.05, 4.69) is 15.4 Å². The molecule has 1 aromatic carbocycles. The normalized spacial score (nSPS) is 9.86. The van der Waals surface area contributed by atoms with Gasteiger partial charge in [0.05, 0.1) is 13.4 Å². The number of hydrogen-bond acceptors (Lipinski definition) is 5. The van der Waals surface area contributed by atoms with E-state index in [0.717, 1.165) is 0 Å². The fraction of sp³-hybridized carbons (Fsp3) is 0.133. The summed E-state index contributed by atoms with van der Waals surface area (Å²) in [4.78, 5) is 34.4. The highest BCUT2D eigenvalue weighted by Crippen LogP contribution is 2.16. The number of carbonyl (C=O) groups excluding carboxylic acids is 3. The van der Waals surface area contributed by atoms with Crippen LogP contribution < -0.4 is 10.6 Å². The zero-order chi connectivity index (χ0) is 15.9. The monoisotopic (exact) mass is 302 g/mol. The van der Waals surface area contributed by atoms with E-state index >= 15 is 0 Å². The molecular weight excluding hydrogens is 288 g/mol. The van der Waals surface area contributed by atoms with E-state index in [1.165, 1.54) is 19.4 Å². The fourth-order valence-corrected chi connectivity index (χ4v) is 1.68. The molecule has 114 valence electrons. The Morgan fingerprint density at radius 1 is 1.09 bits per heavy atom. The highest BCUT2D eigenvalue weighted by atomic mass is 16.5. The van der Waals surface area contributed by atoms with Crippen LogP contribution in [0.3, 0.4) is 0 Å². The summed E-state index contributed by atoms with van der Waals surface area (Å²) in [5.41, 5.74) is 0.934. The van der Waals surface area contributed by atoms with Crippen molar-refractivity contribution in [1.29, 1.82) is 0 Å². The van der Waals surface area contributed by atoms with Crippen molar-refractivity contribution in [2.45, 2.75) is 6.42 Å². The summed E-state index contributed by atoms with van der Waals surface area (Å²) in [6.07, 6.45) is 1.03. The molecule has 0 saturated carbocycles. The highest BCUT2D eigenvalue weighted by Gasteiger charge is 2.11. The van der Waals surface area contributed by atoms with Crippen molar-refractivity contribution in [1.82, 2.24) is 0 Å². The molecule has 0 aliphatic rings. The number of furan rings is 1. The Morgan fingerprint density at radius 3 is 2.45 bits per heavy atom. The zero-order valence-electron chi connectivity index (χ0n) is 11.8. The van der Waals surface area contributed by atoms with Gasteiger partial charge < -0.3 is 19.8 Å². The Hall–Kier alpha value is -3.09. The molecule has 2 rings (SSSR count). The van der Waals surface area contributed by atoms with Gasteiger partial charge in [-0.1, -0.05) is 6.07 Å². The van der Waals surface area contributed by atoms with Gasteiger partial charge in [-0.05, 0) is 30.3 Å². The molecule has 7 heteroatoms. The summed E-state index contributed by atoms with van der Waals surface area (Å²) < 4.78 is 9.39. The van der Waals surface area contributed by atoms with Crippen LogP contribution in [0, 0.1) is 0 Å². The summed E-state index contributed by atoms with van der Waals surface area (Å²) in [5.74, 6) is -1.34. The quantitative estimate of drug-likeness (QED) is 0.650. The van der Waals surface area contributed by atoms with E-state index in [0.29, 0.717) is 11.4 Å². The van der Waals surface area contributed by atoms with Crippen molar-refractivity contribution in [2.75, 3.05) is 17.7 Å². The number of benzene rings is 1. The Bertz CT molecular complexity index is 679. The largest absolute Gasteiger partial charge is 0.469 e. The van der Waals surface area contributed by atoms with Crippen LogP contribution >= 0.6 is 0 Å². The van der Waals surface area contributed by atoms with E-state index in [-0.39, 0.29) is 12.2 Å². The van der Waals surface area contributed by atoms with Gasteiger partial charge in [-0.3, -0.25) is 14.4 Å². The molecule has 7 nitrogen and oxygen atoms in total. The maximum atomic E-state index is 11.8. The lowest BCUT2D eigenvalue weighted by Crippen LogP contribution is -2.17. The Balaban J connectivity index is 1.99. The average molecular weight is 302 g/mol. The zero-order valence-corrected chi connectivity index (χ0v) is 11.8. The van der Waals surface area contributed by atoms with Crippen molar-refractivity contribution >= 4 is 29.2 Å². The average Bonchev–Trinajstić information content (AvgIpc) is 3.01. The van der Waals surface area contributed by atoms with E-state index < -0.39 is 17.8 Å². The molecule has 1 aromatic heterocycles. The molecule has 2 amide bonds. The van der Waals surface area contributed by atoms with Gasteiger partial charge in [0, 0.05) is 11.4 Å². The lowest BCUT2D eigenvalue weighted by Gasteiger charge is -2.07. The SMILES string of the molecule is COC(=O)CC(=O)Nc1cccc(NC(=O)c2ccco2)c1. The van der Waals surface area contributed by atoms with Crippen molar-refractivity contribution in [3.63, 3.8) is 0 Å². The number of hydrogen-bond donors (Lipinski definition) is 2. The summed E-state index contributed by atoms with van der Waals surface area (Å²) >= 11 is 0. The molecule has 2 aromatic rings. The van der Waals surface area contributed by atoms with Crippen LogP contribution in [0.4, 0.5) is 11.4 Å². The van der Waals surface area contributed by atoms with Gasteiger partial charge in [0.15, 0.2) is 5.76 Å². The van der Waals surface area contributed by atoms with Crippen LogP contribution in [-0.4, -0.2) is 24.9 Å². The molecule has 0 fully saturated rings. The number of amides is 2. The first-order chi connectivity index (χ1) is 10.6. The first kappa shape index (κ1) is 15.3. The third-order valence-corrected chi connectivity index (χ3v) is 2.68. The van der Waals surface area contributed by atoms with Crippen molar-refractivity contribution in [3.05, 3.63) is 48.4 Å². The molecule has 0 aliphatic heterocycles. The number of carbonyl (C=O) groups is 3. The van der Waals surface area contributed by atoms with Gasteiger partial charge in [-0.25, -0.2) is 0 Å². The van der Waals surface area contributed by atoms with Gasteiger partial charge in [0.1, 0.15) is 6.42 Å². The number of anilines is 2. The molecule has 1 heterocycles. The van der Waals surface area contributed by atoms with Gasteiger partial charge in [-0.2, -0.15) is 0 Å². The summed E-state index contributed by atoms with van der Waals surface area (Å²) in [7, 11) is 1.21. The lowest BCUT2D eigenvalue weighted by atomic mass is 10.2. The van der Waals surface area contributed by atoms with Crippen LogP contribution in [-0.2, 0) is 14.3 Å². The van der Waals surface area contributed by atoms with Crippen LogP contribution in [0.2, 0.25) is 0 Å². The third-order valence-electron chi connectivity index (χ3n) is 2.68. The van der Waals surface area contributed by atoms with E-state index in [1.807, 2.05) is 0 Å². The van der Waals surface area contributed by atoms with Crippen LogP contribution in [0.5, 0.6) is 0 Å². The van der Waals surface area contributed by atoms with Crippen LogP contribution in [0.25, 0.3) is 0 Å². The second-order valence-corrected chi connectivity index (χ2v) is 4.31. The standard InChI is InChI=1S/C15H14N2O5/c1-21-14(19)9-13(18)16-10-4-2-5-11(8-10)17-15(20)12-6-3-7-22-12/h2-8H,9H2,1H3,(H,16,18)(H,17,20). The Morgan fingerprint density at radius 2 is 1.82 bits per heavy atom. The fourth-order valence-electron chi connectivity index (χ4n) is 1.68. The second-order valence-electron chi connectivity index (χ2n) is 4.31. The minimum absolute atomic E-state index is 0.181. The van der Waals surface area contributed by atoms with Crippen molar-refractivity contribution in [3.8, 4) is 0 Å². The van der Waals surface area contributed by atoms with E-state index in [4.69, 9.17) is 4.42 Å². The number of rotatable bonds is 5. The summed E-state index contributed by atoms with van der Waals surface area (Å²) in [5, 5.41) is 5.18. The predicted molar refractivity (Wildman–Crippen MR) is 78.4 cm³/mol. The molecule has 0 unspecified atom stereocenters. The number of nitrogens with one attached hydrogen (secondary N) is 2. The Labute approximate surface area is 126 Å². The van der Waals surface area contributed by atoms with Crippen LogP contribution in [0.15, 0.2) is 47.1 Å². The molecule has 22 heavy (non-hydrogen) atoms. The number of ether oxygens (including phenoxy) is 1. The molecule has 0 aliphatic carbocycles. The second kappa shape index (κ2) is 7.07. The first-order valence-corrected chi connectivity index (χ1v) is 6.40. The van der Waals surface area contributed by atoms with Gasteiger partial charge in [0.25, 0.3) is 5.91 Å².